The number of nitrogens with two attached hydrogens (primary N) is 1. The van der Waals surface area contributed by atoms with Crippen molar-refractivity contribution in [3.05, 3.63) is 29.8 Å². The summed E-state index contributed by atoms with van der Waals surface area (Å²) in [7, 11) is 0. The van der Waals surface area contributed by atoms with Crippen LogP contribution in [0.2, 0.25) is 0 Å². The van der Waals surface area contributed by atoms with Gasteiger partial charge in [-0.15, -0.1) is 23.5 Å². The minimum absolute atomic E-state index is 0.0469. The lowest BCUT2D eigenvalue weighted by molar-refractivity contribution is -0.123. The van der Waals surface area contributed by atoms with E-state index >= 15 is 0 Å². The van der Waals surface area contributed by atoms with Crippen LogP contribution in [0.4, 0.5) is 0 Å². The third-order valence-corrected chi connectivity index (χ3v) is 6.29. The third-order valence-electron chi connectivity index (χ3n) is 3.27. The lowest BCUT2D eigenvalue weighted by atomic mass is 10.2. The van der Waals surface area contributed by atoms with Gasteiger partial charge in [0.2, 0.25) is 0 Å². The molecule has 1 saturated heterocycles. The molecule has 4 nitrogen and oxygen atoms in total. The van der Waals surface area contributed by atoms with Crippen molar-refractivity contribution in [1.29, 1.82) is 0 Å². The Kier molecular flexibility index (Phi) is 7.42. The number of ether oxygens (including phenoxy) is 1. The van der Waals surface area contributed by atoms with Gasteiger partial charge in [0.15, 0.2) is 6.61 Å². The Morgan fingerprint density at radius 1 is 1.36 bits per heavy atom. The molecule has 0 saturated carbocycles. The lowest BCUT2D eigenvalue weighted by Gasteiger charge is -2.21. The molecule has 1 fully saturated rings. The predicted molar refractivity (Wildman–Crippen MR) is 95.5 cm³/mol. The first-order chi connectivity index (χ1) is 10.6. The molecule has 0 aromatic heterocycles. The fourth-order valence-electron chi connectivity index (χ4n) is 2.04. The highest BCUT2D eigenvalue weighted by Gasteiger charge is 2.16. The highest BCUT2D eigenvalue weighted by Crippen LogP contribution is 2.43. The van der Waals surface area contributed by atoms with Gasteiger partial charge in [-0.3, -0.25) is 4.79 Å². The van der Waals surface area contributed by atoms with Crippen LogP contribution in [-0.2, 0) is 4.79 Å². The number of benzene rings is 1. The first-order valence-corrected chi connectivity index (χ1v) is 9.73. The number of amides is 1. The van der Waals surface area contributed by atoms with Crippen molar-refractivity contribution >= 4 is 29.4 Å². The fourth-order valence-corrected chi connectivity index (χ4v) is 4.93. The smallest absolute Gasteiger partial charge is 0.257 e. The number of carbonyl (C=O) groups excluding carboxylic acids is 1. The highest BCUT2D eigenvalue weighted by molar-refractivity contribution is 8.16. The van der Waals surface area contributed by atoms with E-state index in [0.29, 0.717) is 11.1 Å². The van der Waals surface area contributed by atoms with Crippen molar-refractivity contribution in [1.82, 2.24) is 5.32 Å². The molecule has 1 unspecified atom stereocenters. The molecule has 22 heavy (non-hydrogen) atoms. The van der Waals surface area contributed by atoms with Gasteiger partial charge < -0.3 is 15.8 Å². The van der Waals surface area contributed by atoms with Gasteiger partial charge in [-0.25, -0.2) is 0 Å². The molecule has 1 aromatic carbocycles. The third kappa shape index (κ3) is 6.10. The van der Waals surface area contributed by atoms with Crippen LogP contribution in [0.1, 0.15) is 29.9 Å². The summed E-state index contributed by atoms with van der Waals surface area (Å²) in [6.45, 7) is 2.56. The molecule has 0 aliphatic carbocycles. The Labute approximate surface area is 140 Å². The highest BCUT2D eigenvalue weighted by atomic mass is 32.2. The van der Waals surface area contributed by atoms with Crippen molar-refractivity contribution in [2.45, 2.75) is 30.4 Å². The van der Waals surface area contributed by atoms with Gasteiger partial charge in [-0.05, 0) is 49.0 Å². The summed E-state index contributed by atoms with van der Waals surface area (Å²) in [5.74, 6) is 3.09. The molecule has 1 heterocycles. The van der Waals surface area contributed by atoms with Crippen LogP contribution >= 0.6 is 23.5 Å². The van der Waals surface area contributed by atoms with Gasteiger partial charge in [0.1, 0.15) is 5.75 Å². The van der Waals surface area contributed by atoms with E-state index in [2.05, 4.69) is 17.4 Å². The van der Waals surface area contributed by atoms with Crippen LogP contribution < -0.4 is 15.8 Å². The van der Waals surface area contributed by atoms with Crippen molar-refractivity contribution in [3.63, 3.8) is 0 Å². The zero-order valence-corrected chi connectivity index (χ0v) is 14.6. The molecular weight excluding hydrogens is 316 g/mol. The number of nitrogens with one attached hydrogen (secondary N) is 1. The standard InChI is InChI=1S/C16H24N2O2S2/c1-12(17)7-8-18-15(19)11-20-14-5-3-13(4-6-14)16-21-9-2-10-22-16/h3-6,12,16H,2,7-11,17H2,1H3,(H,18,19). The molecule has 1 amide bonds. The van der Waals surface area contributed by atoms with Crippen LogP contribution in [0.5, 0.6) is 5.75 Å². The van der Waals surface area contributed by atoms with Crippen LogP contribution in [-0.4, -0.2) is 36.6 Å². The average molecular weight is 341 g/mol. The molecule has 1 aromatic rings. The van der Waals surface area contributed by atoms with Gasteiger partial charge in [0.05, 0.1) is 4.58 Å². The lowest BCUT2D eigenvalue weighted by Crippen LogP contribution is -2.32. The second-order valence-electron chi connectivity index (χ2n) is 5.40. The van der Waals surface area contributed by atoms with Crippen molar-refractivity contribution < 1.29 is 9.53 Å². The number of carbonyl (C=O) groups is 1. The summed E-state index contributed by atoms with van der Waals surface area (Å²) in [4.78, 5) is 11.6. The van der Waals surface area contributed by atoms with E-state index < -0.39 is 0 Å². The van der Waals surface area contributed by atoms with Gasteiger partial charge in [-0.2, -0.15) is 0 Å². The first-order valence-electron chi connectivity index (χ1n) is 7.63. The summed E-state index contributed by atoms with van der Waals surface area (Å²) in [6, 6.07) is 8.18. The van der Waals surface area contributed by atoms with Crippen LogP contribution in [0.25, 0.3) is 0 Å². The van der Waals surface area contributed by atoms with Gasteiger partial charge in [0, 0.05) is 12.6 Å². The zero-order valence-electron chi connectivity index (χ0n) is 12.9. The number of hydrogen-bond acceptors (Lipinski definition) is 5. The Bertz CT molecular complexity index is 460. The maximum absolute atomic E-state index is 11.6. The molecule has 6 heteroatoms. The summed E-state index contributed by atoms with van der Waals surface area (Å²) in [6.07, 6.45) is 2.07. The van der Waals surface area contributed by atoms with Crippen LogP contribution in [0, 0.1) is 0 Å². The minimum Gasteiger partial charge on any atom is -0.484 e. The molecule has 0 spiro atoms. The van der Waals surface area contributed by atoms with E-state index in [1.165, 1.54) is 23.5 Å². The van der Waals surface area contributed by atoms with Crippen LogP contribution in [0.3, 0.4) is 0 Å². The van der Waals surface area contributed by atoms with Gasteiger partial charge in [0.25, 0.3) is 5.91 Å². The Balaban J connectivity index is 1.73. The maximum Gasteiger partial charge on any atom is 0.257 e. The molecular formula is C16H24N2O2S2. The van der Waals surface area contributed by atoms with E-state index in [0.717, 1.165) is 12.2 Å². The van der Waals surface area contributed by atoms with Crippen LogP contribution in [0.15, 0.2) is 24.3 Å². The molecule has 1 aliphatic heterocycles. The van der Waals surface area contributed by atoms with E-state index in [1.807, 2.05) is 42.6 Å². The monoisotopic (exact) mass is 340 g/mol. The average Bonchev–Trinajstić information content (AvgIpc) is 2.54. The minimum atomic E-state index is -0.108. The predicted octanol–water partition coefficient (Wildman–Crippen LogP) is 2.79. The molecule has 122 valence electrons. The number of rotatable bonds is 7. The Hall–Kier alpha value is -0.850. The number of thioether (sulfide) groups is 2. The molecule has 2 rings (SSSR count). The molecule has 3 N–H and O–H groups in total. The zero-order chi connectivity index (χ0) is 15.8. The molecule has 0 bridgehead atoms. The Morgan fingerprint density at radius 2 is 2.05 bits per heavy atom. The molecule has 1 aliphatic rings. The van der Waals surface area contributed by atoms with Gasteiger partial charge in [-0.1, -0.05) is 12.1 Å². The number of hydrogen-bond donors (Lipinski definition) is 2. The van der Waals surface area contributed by atoms with Crippen molar-refractivity contribution in [3.8, 4) is 5.75 Å². The largest absolute Gasteiger partial charge is 0.484 e. The van der Waals surface area contributed by atoms with E-state index in [9.17, 15) is 4.79 Å². The summed E-state index contributed by atoms with van der Waals surface area (Å²) in [5.41, 5.74) is 6.96. The second-order valence-corrected chi connectivity index (χ2v) is 8.13. The molecule has 1 atom stereocenters. The summed E-state index contributed by atoms with van der Waals surface area (Å²) >= 11 is 4.00. The second kappa shape index (κ2) is 9.33. The van der Waals surface area contributed by atoms with E-state index in [-0.39, 0.29) is 18.6 Å². The van der Waals surface area contributed by atoms with Gasteiger partial charge >= 0.3 is 0 Å². The SMILES string of the molecule is CC(N)CCNC(=O)COc1ccc(C2SCCCS2)cc1. The summed E-state index contributed by atoms with van der Waals surface area (Å²) in [5, 5.41) is 2.80. The Morgan fingerprint density at radius 3 is 2.68 bits per heavy atom. The summed E-state index contributed by atoms with van der Waals surface area (Å²) < 4.78 is 6.04. The maximum atomic E-state index is 11.6. The quantitative estimate of drug-likeness (QED) is 0.799. The fraction of sp³-hybridized carbons (Fsp3) is 0.562. The molecule has 0 radical (unpaired) electrons. The topological polar surface area (TPSA) is 64.3 Å². The van der Waals surface area contributed by atoms with Crippen molar-refractivity contribution in [2.75, 3.05) is 24.7 Å². The van der Waals surface area contributed by atoms with E-state index in [4.69, 9.17) is 10.5 Å². The first kappa shape index (κ1) is 17.5. The van der Waals surface area contributed by atoms with Crippen molar-refractivity contribution in [2.24, 2.45) is 5.73 Å². The van der Waals surface area contributed by atoms with E-state index in [1.54, 1.807) is 0 Å². The normalized spacial score (nSPS) is 17.0.